The molecular formula is C19H17N3O5S2. The van der Waals surface area contributed by atoms with Gasteiger partial charge in [0.2, 0.25) is 5.91 Å². The first-order valence-corrected chi connectivity index (χ1v) is 11.0. The van der Waals surface area contributed by atoms with Crippen molar-refractivity contribution in [2.75, 3.05) is 23.3 Å². The Kier molecular flexibility index (Phi) is 5.12. The Labute approximate surface area is 171 Å². The minimum absolute atomic E-state index is 0.0776. The molecule has 0 unspecified atom stereocenters. The number of hydrogen-bond acceptors (Lipinski definition) is 7. The second-order valence-electron chi connectivity index (χ2n) is 6.21. The highest BCUT2D eigenvalue weighted by Crippen LogP contribution is 2.33. The number of carbonyl (C=O) groups is 1. The SMILES string of the molecule is CC(=O)Nc1nc(-c2cccc(NS(=O)(=O)c3ccc4c(c3)OCCO4)c2)cs1. The molecule has 2 heterocycles. The molecule has 4 rings (SSSR count). The van der Waals surface area contributed by atoms with Crippen molar-refractivity contribution in [2.24, 2.45) is 0 Å². The van der Waals surface area contributed by atoms with E-state index in [1.54, 1.807) is 29.6 Å². The summed E-state index contributed by atoms with van der Waals surface area (Å²) in [5, 5.41) is 4.90. The smallest absolute Gasteiger partial charge is 0.262 e. The molecule has 150 valence electrons. The van der Waals surface area contributed by atoms with Crippen LogP contribution in [0.1, 0.15) is 6.92 Å². The van der Waals surface area contributed by atoms with E-state index in [9.17, 15) is 13.2 Å². The summed E-state index contributed by atoms with van der Waals surface area (Å²) < 4.78 is 39.0. The summed E-state index contributed by atoms with van der Waals surface area (Å²) in [6, 6.07) is 11.4. The Morgan fingerprint density at radius 3 is 2.69 bits per heavy atom. The maximum Gasteiger partial charge on any atom is 0.262 e. The van der Waals surface area contributed by atoms with Crippen LogP contribution in [0, 0.1) is 0 Å². The van der Waals surface area contributed by atoms with Gasteiger partial charge in [-0.25, -0.2) is 13.4 Å². The average Bonchev–Trinajstić information content (AvgIpc) is 3.15. The number of fused-ring (bicyclic) bond motifs is 1. The second kappa shape index (κ2) is 7.72. The highest BCUT2D eigenvalue weighted by Gasteiger charge is 2.20. The van der Waals surface area contributed by atoms with Gasteiger partial charge in [0.15, 0.2) is 16.6 Å². The van der Waals surface area contributed by atoms with Gasteiger partial charge in [0.25, 0.3) is 10.0 Å². The maximum absolute atomic E-state index is 12.8. The van der Waals surface area contributed by atoms with E-state index in [2.05, 4.69) is 15.0 Å². The third-order valence-electron chi connectivity index (χ3n) is 4.02. The highest BCUT2D eigenvalue weighted by atomic mass is 32.2. The number of rotatable bonds is 5. The monoisotopic (exact) mass is 431 g/mol. The minimum Gasteiger partial charge on any atom is -0.486 e. The predicted molar refractivity (Wildman–Crippen MR) is 110 cm³/mol. The van der Waals surface area contributed by atoms with E-state index >= 15 is 0 Å². The quantitative estimate of drug-likeness (QED) is 0.642. The molecule has 0 saturated heterocycles. The topological polar surface area (TPSA) is 107 Å². The van der Waals surface area contributed by atoms with Gasteiger partial charge in [-0.3, -0.25) is 9.52 Å². The molecular weight excluding hydrogens is 414 g/mol. The summed E-state index contributed by atoms with van der Waals surface area (Å²) in [4.78, 5) is 15.6. The van der Waals surface area contributed by atoms with Gasteiger partial charge < -0.3 is 14.8 Å². The van der Waals surface area contributed by atoms with Crippen LogP contribution in [0.3, 0.4) is 0 Å². The lowest BCUT2D eigenvalue weighted by atomic mass is 10.1. The van der Waals surface area contributed by atoms with Crippen LogP contribution < -0.4 is 19.5 Å². The molecule has 1 aliphatic heterocycles. The molecule has 2 aromatic carbocycles. The van der Waals surface area contributed by atoms with Crippen LogP contribution in [0.2, 0.25) is 0 Å². The minimum atomic E-state index is -3.82. The molecule has 10 heteroatoms. The fourth-order valence-electron chi connectivity index (χ4n) is 2.76. The van der Waals surface area contributed by atoms with Gasteiger partial charge in [-0.05, 0) is 24.3 Å². The van der Waals surface area contributed by atoms with Crippen LogP contribution in [0.15, 0.2) is 52.7 Å². The number of carbonyl (C=O) groups excluding carboxylic acids is 1. The Morgan fingerprint density at radius 2 is 1.90 bits per heavy atom. The van der Waals surface area contributed by atoms with Crippen LogP contribution in [0.25, 0.3) is 11.3 Å². The zero-order chi connectivity index (χ0) is 20.4. The molecule has 0 spiro atoms. The van der Waals surface area contributed by atoms with E-state index in [0.29, 0.717) is 41.2 Å². The fraction of sp³-hybridized carbons (Fsp3) is 0.158. The van der Waals surface area contributed by atoms with E-state index in [1.807, 2.05) is 6.07 Å². The van der Waals surface area contributed by atoms with Crippen LogP contribution in [-0.4, -0.2) is 32.5 Å². The fourth-order valence-corrected chi connectivity index (χ4v) is 4.59. The van der Waals surface area contributed by atoms with Crippen molar-refractivity contribution >= 4 is 38.1 Å². The third kappa shape index (κ3) is 4.33. The van der Waals surface area contributed by atoms with Gasteiger partial charge in [-0.2, -0.15) is 0 Å². The molecule has 2 N–H and O–H groups in total. The average molecular weight is 431 g/mol. The number of hydrogen-bond donors (Lipinski definition) is 2. The van der Waals surface area contributed by atoms with E-state index in [-0.39, 0.29) is 10.8 Å². The molecule has 29 heavy (non-hydrogen) atoms. The van der Waals surface area contributed by atoms with E-state index < -0.39 is 10.0 Å². The van der Waals surface area contributed by atoms with Crippen LogP contribution in [-0.2, 0) is 14.8 Å². The van der Waals surface area contributed by atoms with Gasteiger partial charge in [-0.1, -0.05) is 12.1 Å². The number of nitrogens with one attached hydrogen (secondary N) is 2. The Bertz CT molecular complexity index is 1170. The maximum atomic E-state index is 12.8. The van der Waals surface area contributed by atoms with Gasteiger partial charge in [0.1, 0.15) is 13.2 Å². The zero-order valence-corrected chi connectivity index (χ0v) is 17.0. The van der Waals surface area contributed by atoms with Gasteiger partial charge in [0.05, 0.1) is 10.6 Å². The largest absolute Gasteiger partial charge is 0.486 e. The van der Waals surface area contributed by atoms with Gasteiger partial charge in [0, 0.05) is 29.6 Å². The molecule has 0 aliphatic carbocycles. The summed E-state index contributed by atoms with van der Waals surface area (Å²) in [5.74, 6) is 0.725. The lowest BCUT2D eigenvalue weighted by Crippen LogP contribution is -2.17. The summed E-state index contributed by atoms with van der Waals surface area (Å²) >= 11 is 1.29. The number of ether oxygens (including phenoxy) is 2. The summed E-state index contributed by atoms with van der Waals surface area (Å²) in [5.41, 5.74) is 1.76. The summed E-state index contributed by atoms with van der Waals surface area (Å²) in [6.07, 6.45) is 0. The molecule has 3 aromatic rings. The molecule has 0 atom stereocenters. The van der Waals surface area contributed by atoms with Crippen LogP contribution >= 0.6 is 11.3 Å². The zero-order valence-electron chi connectivity index (χ0n) is 15.3. The predicted octanol–water partition coefficient (Wildman–Crippen LogP) is 3.34. The summed E-state index contributed by atoms with van der Waals surface area (Å²) in [6.45, 7) is 2.22. The molecule has 0 bridgehead atoms. The van der Waals surface area contributed by atoms with E-state index in [0.717, 1.165) is 5.56 Å². The van der Waals surface area contributed by atoms with Crippen LogP contribution in [0.5, 0.6) is 11.5 Å². The number of nitrogens with zero attached hydrogens (tertiary/aromatic N) is 1. The lowest BCUT2D eigenvalue weighted by molar-refractivity contribution is -0.114. The highest BCUT2D eigenvalue weighted by molar-refractivity contribution is 7.92. The number of sulfonamides is 1. The normalized spacial score (nSPS) is 13.0. The van der Waals surface area contributed by atoms with Crippen molar-refractivity contribution in [1.82, 2.24) is 4.98 Å². The second-order valence-corrected chi connectivity index (χ2v) is 8.75. The first-order valence-electron chi connectivity index (χ1n) is 8.67. The number of aromatic nitrogens is 1. The van der Waals surface area contributed by atoms with Crippen molar-refractivity contribution in [2.45, 2.75) is 11.8 Å². The van der Waals surface area contributed by atoms with E-state index in [4.69, 9.17) is 9.47 Å². The Balaban J connectivity index is 1.57. The molecule has 0 radical (unpaired) electrons. The molecule has 0 fully saturated rings. The van der Waals surface area contributed by atoms with Gasteiger partial charge >= 0.3 is 0 Å². The molecule has 1 amide bonds. The first-order chi connectivity index (χ1) is 13.9. The molecule has 8 nitrogen and oxygen atoms in total. The van der Waals surface area contributed by atoms with Crippen LogP contribution in [0.4, 0.5) is 10.8 Å². The molecule has 0 saturated carbocycles. The lowest BCUT2D eigenvalue weighted by Gasteiger charge is -2.19. The van der Waals surface area contributed by atoms with Crippen molar-refractivity contribution < 1.29 is 22.7 Å². The Hall–Kier alpha value is -3.11. The molecule has 1 aliphatic rings. The Morgan fingerprint density at radius 1 is 1.10 bits per heavy atom. The van der Waals surface area contributed by atoms with Crippen molar-refractivity contribution in [3.8, 4) is 22.8 Å². The standard InChI is InChI=1S/C19H17N3O5S2/c1-12(23)20-19-21-16(11-28-19)13-3-2-4-14(9-13)22-29(24,25)15-5-6-17-18(10-15)27-8-7-26-17/h2-6,9-11,22H,7-8H2,1H3,(H,20,21,23). The van der Waals surface area contributed by atoms with Crippen molar-refractivity contribution in [3.05, 3.63) is 47.8 Å². The third-order valence-corrected chi connectivity index (χ3v) is 6.16. The number of amides is 1. The van der Waals surface area contributed by atoms with Crippen molar-refractivity contribution in [3.63, 3.8) is 0 Å². The summed E-state index contributed by atoms with van der Waals surface area (Å²) in [7, 11) is -3.82. The molecule has 1 aromatic heterocycles. The number of thiazole rings is 1. The first kappa shape index (κ1) is 19.2. The number of benzene rings is 2. The number of anilines is 2. The van der Waals surface area contributed by atoms with E-state index in [1.165, 1.54) is 30.4 Å². The van der Waals surface area contributed by atoms with Gasteiger partial charge in [-0.15, -0.1) is 11.3 Å². The van der Waals surface area contributed by atoms with Crippen molar-refractivity contribution in [1.29, 1.82) is 0 Å².